The second-order valence-electron chi connectivity index (χ2n) is 3.75. The lowest BCUT2D eigenvalue weighted by Gasteiger charge is -2.32. The van der Waals surface area contributed by atoms with Crippen LogP contribution < -0.4 is 5.32 Å². The van der Waals surface area contributed by atoms with Crippen LogP contribution in [0.1, 0.15) is 26.7 Å². The number of rotatable bonds is 5. The van der Waals surface area contributed by atoms with Crippen LogP contribution in [0.15, 0.2) is 24.3 Å². The fraction of sp³-hybridized carbons (Fsp3) is 0.500. The first-order chi connectivity index (χ1) is 7.17. The normalized spacial score (nSPS) is 11.5. The Kier molecular flexibility index (Phi) is 4.43. The molecule has 84 valence electrons. The molecule has 0 aliphatic carbocycles. The second kappa shape index (κ2) is 5.38. The molecule has 0 unspecified atom stereocenters. The van der Waals surface area contributed by atoms with E-state index in [-0.39, 0.29) is 12.1 Å². The molecule has 0 heterocycles. The first-order valence-corrected chi connectivity index (χ1v) is 5.69. The summed E-state index contributed by atoms with van der Waals surface area (Å²) in [5, 5.41) is 13.4. The molecule has 2 nitrogen and oxygen atoms in total. The van der Waals surface area contributed by atoms with Crippen molar-refractivity contribution in [3.05, 3.63) is 29.3 Å². The quantitative estimate of drug-likeness (QED) is 0.809. The van der Waals surface area contributed by atoms with Gasteiger partial charge in [0.15, 0.2) is 0 Å². The van der Waals surface area contributed by atoms with E-state index >= 15 is 0 Å². The number of para-hydroxylation sites is 1. The van der Waals surface area contributed by atoms with E-state index in [0.717, 1.165) is 18.5 Å². The molecule has 15 heavy (non-hydrogen) atoms. The van der Waals surface area contributed by atoms with Crippen molar-refractivity contribution in [2.45, 2.75) is 32.2 Å². The minimum atomic E-state index is -0.259. The monoisotopic (exact) mass is 227 g/mol. The van der Waals surface area contributed by atoms with Crippen LogP contribution in [0.3, 0.4) is 0 Å². The fourth-order valence-electron chi connectivity index (χ4n) is 1.54. The highest BCUT2D eigenvalue weighted by atomic mass is 35.5. The fourth-order valence-corrected chi connectivity index (χ4v) is 1.72. The Hall–Kier alpha value is -0.730. The molecular formula is C12H18ClNO. The summed E-state index contributed by atoms with van der Waals surface area (Å²) in [6, 6.07) is 7.60. The molecule has 0 aliphatic rings. The summed E-state index contributed by atoms with van der Waals surface area (Å²) in [4.78, 5) is 0. The second-order valence-corrected chi connectivity index (χ2v) is 4.16. The predicted molar refractivity (Wildman–Crippen MR) is 65.5 cm³/mol. The summed E-state index contributed by atoms with van der Waals surface area (Å²) in [5.41, 5.74) is 0.627. The Bertz CT molecular complexity index is 302. The van der Waals surface area contributed by atoms with Gasteiger partial charge in [-0.1, -0.05) is 37.6 Å². The van der Waals surface area contributed by atoms with Crippen molar-refractivity contribution in [2.75, 3.05) is 11.9 Å². The van der Waals surface area contributed by atoms with Gasteiger partial charge in [0.25, 0.3) is 0 Å². The number of hydrogen-bond donors (Lipinski definition) is 2. The largest absolute Gasteiger partial charge is 0.394 e. The number of nitrogens with one attached hydrogen (secondary N) is 1. The lowest BCUT2D eigenvalue weighted by molar-refractivity contribution is 0.202. The number of benzene rings is 1. The van der Waals surface area contributed by atoms with Crippen molar-refractivity contribution in [3.63, 3.8) is 0 Å². The van der Waals surface area contributed by atoms with Crippen molar-refractivity contribution in [1.29, 1.82) is 0 Å². The van der Waals surface area contributed by atoms with Gasteiger partial charge in [0.05, 0.1) is 22.9 Å². The SMILES string of the molecule is CCC(CC)(CO)Nc1ccccc1Cl. The number of halogens is 1. The van der Waals surface area contributed by atoms with Gasteiger partial charge in [-0.05, 0) is 25.0 Å². The molecule has 0 atom stereocenters. The van der Waals surface area contributed by atoms with Crippen molar-refractivity contribution in [3.8, 4) is 0 Å². The lowest BCUT2D eigenvalue weighted by atomic mass is 9.93. The van der Waals surface area contributed by atoms with Crippen LogP contribution in [0.2, 0.25) is 5.02 Å². The summed E-state index contributed by atoms with van der Waals surface area (Å²) in [6.07, 6.45) is 1.73. The summed E-state index contributed by atoms with van der Waals surface area (Å²) in [6.45, 7) is 4.23. The van der Waals surface area contributed by atoms with Gasteiger partial charge in [0, 0.05) is 0 Å². The maximum absolute atomic E-state index is 9.42. The summed E-state index contributed by atoms with van der Waals surface area (Å²) < 4.78 is 0. The van der Waals surface area contributed by atoms with Gasteiger partial charge in [-0.2, -0.15) is 0 Å². The van der Waals surface area contributed by atoms with Crippen molar-refractivity contribution in [2.24, 2.45) is 0 Å². The van der Waals surface area contributed by atoms with Gasteiger partial charge in [-0.25, -0.2) is 0 Å². The number of anilines is 1. The van der Waals surface area contributed by atoms with Gasteiger partial charge in [-0.15, -0.1) is 0 Å². The minimum Gasteiger partial charge on any atom is -0.394 e. The van der Waals surface area contributed by atoms with Crippen LogP contribution in [0.25, 0.3) is 0 Å². The summed E-state index contributed by atoms with van der Waals surface area (Å²) in [7, 11) is 0. The third kappa shape index (κ3) is 2.86. The molecular weight excluding hydrogens is 210 g/mol. The molecule has 1 rings (SSSR count). The lowest BCUT2D eigenvalue weighted by Crippen LogP contribution is -2.40. The topological polar surface area (TPSA) is 32.3 Å². The maximum Gasteiger partial charge on any atom is 0.0661 e. The Balaban J connectivity index is 2.88. The van der Waals surface area contributed by atoms with Gasteiger partial charge in [0.2, 0.25) is 0 Å². The van der Waals surface area contributed by atoms with Crippen LogP contribution in [0.4, 0.5) is 5.69 Å². The van der Waals surface area contributed by atoms with E-state index < -0.39 is 0 Å². The molecule has 1 aromatic rings. The van der Waals surface area contributed by atoms with Crippen LogP contribution in [0, 0.1) is 0 Å². The van der Waals surface area contributed by atoms with Gasteiger partial charge in [0.1, 0.15) is 0 Å². The van der Waals surface area contributed by atoms with Crippen molar-refractivity contribution < 1.29 is 5.11 Å². The molecule has 0 fully saturated rings. The Labute approximate surface area is 96.3 Å². The van der Waals surface area contributed by atoms with Gasteiger partial charge >= 0.3 is 0 Å². The molecule has 1 aromatic carbocycles. The molecule has 0 saturated heterocycles. The van der Waals surface area contributed by atoms with E-state index in [4.69, 9.17) is 11.6 Å². The van der Waals surface area contributed by atoms with E-state index in [0.29, 0.717) is 5.02 Å². The van der Waals surface area contributed by atoms with E-state index in [1.165, 1.54) is 0 Å². The van der Waals surface area contributed by atoms with Crippen LogP contribution >= 0.6 is 11.6 Å². The van der Waals surface area contributed by atoms with Crippen LogP contribution in [-0.2, 0) is 0 Å². The van der Waals surface area contributed by atoms with E-state index in [1.807, 2.05) is 24.3 Å². The molecule has 0 aliphatic heterocycles. The van der Waals surface area contributed by atoms with E-state index in [2.05, 4.69) is 19.2 Å². The zero-order valence-corrected chi connectivity index (χ0v) is 10.0. The highest BCUT2D eigenvalue weighted by Crippen LogP contribution is 2.27. The Morgan fingerprint density at radius 3 is 2.33 bits per heavy atom. The molecule has 0 amide bonds. The molecule has 0 bridgehead atoms. The average Bonchev–Trinajstić information content (AvgIpc) is 2.29. The van der Waals surface area contributed by atoms with Gasteiger partial charge in [-0.3, -0.25) is 0 Å². The van der Waals surface area contributed by atoms with Crippen molar-refractivity contribution in [1.82, 2.24) is 0 Å². The molecule has 0 radical (unpaired) electrons. The zero-order chi connectivity index (χ0) is 11.3. The van der Waals surface area contributed by atoms with E-state index in [9.17, 15) is 5.11 Å². The summed E-state index contributed by atoms with van der Waals surface area (Å²) in [5.74, 6) is 0. The predicted octanol–water partition coefficient (Wildman–Crippen LogP) is 3.30. The minimum absolute atomic E-state index is 0.116. The van der Waals surface area contributed by atoms with E-state index in [1.54, 1.807) is 0 Å². The molecule has 2 N–H and O–H groups in total. The molecule has 3 heteroatoms. The van der Waals surface area contributed by atoms with Gasteiger partial charge < -0.3 is 10.4 Å². The van der Waals surface area contributed by atoms with Crippen LogP contribution in [-0.4, -0.2) is 17.3 Å². The Morgan fingerprint density at radius 1 is 1.27 bits per heavy atom. The molecule has 0 saturated carbocycles. The maximum atomic E-state index is 9.42. The third-order valence-corrected chi connectivity index (χ3v) is 3.26. The smallest absolute Gasteiger partial charge is 0.0661 e. The number of aliphatic hydroxyl groups excluding tert-OH is 1. The third-order valence-electron chi connectivity index (χ3n) is 2.93. The standard InChI is InChI=1S/C12H18ClNO/c1-3-12(4-2,9-15)14-11-8-6-5-7-10(11)13/h5-8,14-15H,3-4,9H2,1-2H3. The highest BCUT2D eigenvalue weighted by molar-refractivity contribution is 6.33. The number of hydrogen-bond acceptors (Lipinski definition) is 2. The highest BCUT2D eigenvalue weighted by Gasteiger charge is 2.25. The van der Waals surface area contributed by atoms with Crippen molar-refractivity contribution >= 4 is 17.3 Å². The molecule has 0 spiro atoms. The molecule has 0 aromatic heterocycles. The Morgan fingerprint density at radius 2 is 1.87 bits per heavy atom. The summed E-state index contributed by atoms with van der Waals surface area (Å²) >= 11 is 6.06. The average molecular weight is 228 g/mol. The first-order valence-electron chi connectivity index (χ1n) is 5.31. The van der Waals surface area contributed by atoms with Crippen LogP contribution in [0.5, 0.6) is 0 Å². The number of aliphatic hydroxyl groups is 1. The zero-order valence-electron chi connectivity index (χ0n) is 9.26. The first kappa shape index (κ1) is 12.3.